The fraction of sp³-hybridized carbons (Fsp3) is 0.300. The number of aliphatic carboxylic acids is 1. The van der Waals surface area contributed by atoms with E-state index in [1.165, 1.54) is 0 Å². The average molecular weight is 385 g/mol. The lowest BCUT2D eigenvalue weighted by Gasteiger charge is -2.07. The van der Waals surface area contributed by atoms with Crippen molar-refractivity contribution in [1.29, 1.82) is 0 Å². The quantitative estimate of drug-likeness (QED) is 0.417. The molecule has 0 amide bonds. The standard InChI is InChI=1S/C10H10BrFN2O6S/c11-6-4-9(8(14(17)18)5-7(6)12)21(19,20)13-3-1-2-10(15)16/h4-5,13H,1-3H2,(H,15,16). The number of sulfonamides is 1. The Labute approximate surface area is 127 Å². The van der Waals surface area contributed by atoms with Crippen LogP contribution in [0.25, 0.3) is 0 Å². The zero-order valence-electron chi connectivity index (χ0n) is 10.4. The van der Waals surface area contributed by atoms with Crippen LogP contribution < -0.4 is 4.72 Å². The fourth-order valence-corrected chi connectivity index (χ4v) is 3.15. The predicted molar refractivity (Wildman–Crippen MR) is 72.8 cm³/mol. The number of hydrogen-bond donors (Lipinski definition) is 2. The summed E-state index contributed by atoms with van der Waals surface area (Å²) in [5, 5.41) is 19.2. The lowest BCUT2D eigenvalue weighted by Crippen LogP contribution is -2.26. The van der Waals surface area contributed by atoms with Gasteiger partial charge in [-0.3, -0.25) is 14.9 Å². The first kappa shape index (κ1) is 17.5. The number of nitrogens with zero attached hydrogens (tertiary/aromatic N) is 1. The normalized spacial score (nSPS) is 11.3. The van der Waals surface area contributed by atoms with Crippen LogP contribution in [0.5, 0.6) is 0 Å². The van der Waals surface area contributed by atoms with Gasteiger partial charge in [0.2, 0.25) is 10.0 Å². The Balaban J connectivity index is 3.04. The molecule has 21 heavy (non-hydrogen) atoms. The summed E-state index contributed by atoms with van der Waals surface area (Å²) in [6, 6.07) is 1.28. The second kappa shape index (κ2) is 6.91. The molecule has 0 radical (unpaired) electrons. The van der Waals surface area contributed by atoms with Gasteiger partial charge in [0.15, 0.2) is 4.90 Å². The van der Waals surface area contributed by atoms with Crippen molar-refractivity contribution in [2.45, 2.75) is 17.7 Å². The van der Waals surface area contributed by atoms with E-state index in [2.05, 4.69) is 15.9 Å². The molecule has 0 aromatic heterocycles. The Kier molecular flexibility index (Phi) is 5.75. The molecule has 11 heteroatoms. The van der Waals surface area contributed by atoms with Gasteiger partial charge in [-0.2, -0.15) is 0 Å². The second-order valence-electron chi connectivity index (χ2n) is 3.89. The van der Waals surface area contributed by atoms with Crippen molar-refractivity contribution in [2.75, 3.05) is 6.54 Å². The summed E-state index contributed by atoms with van der Waals surface area (Å²) in [6.07, 6.45) is -0.234. The molecule has 1 rings (SSSR count). The van der Waals surface area contributed by atoms with E-state index in [1.807, 2.05) is 4.72 Å². The predicted octanol–water partition coefficient (Wildman–Crippen LogP) is 1.64. The monoisotopic (exact) mass is 384 g/mol. The van der Waals surface area contributed by atoms with Gasteiger partial charge in [-0.25, -0.2) is 17.5 Å². The Morgan fingerprint density at radius 2 is 2.10 bits per heavy atom. The number of carboxylic acid groups (broad SMARTS) is 1. The van der Waals surface area contributed by atoms with E-state index in [-0.39, 0.29) is 23.9 Å². The minimum absolute atomic E-state index is 0.0186. The first-order valence-corrected chi connectivity index (χ1v) is 7.77. The molecule has 0 aliphatic carbocycles. The molecule has 1 aromatic rings. The number of nitrogens with one attached hydrogen (secondary N) is 1. The van der Waals surface area contributed by atoms with Crippen molar-refractivity contribution in [3.8, 4) is 0 Å². The zero-order valence-corrected chi connectivity index (χ0v) is 12.8. The highest BCUT2D eigenvalue weighted by Crippen LogP contribution is 2.29. The smallest absolute Gasteiger partial charge is 0.303 e. The molecule has 0 spiro atoms. The van der Waals surface area contributed by atoms with Gasteiger partial charge in [-0.05, 0) is 28.4 Å². The van der Waals surface area contributed by atoms with Crippen LogP contribution in [0, 0.1) is 15.9 Å². The molecule has 0 bridgehead atoms. The second-order valence-corrected chi connectivity index (χ2v) is 6.48. The summed E-state index contributed by atoms with van der Waals surface area (Å²) in [5.41, 5.74) is -0.901. The Hall–Kier alpha value is -1.59. The molecule has 8 nitrogen and oxygen atoms in total. The Morgan fingerprint density at radius 1 is 1.48 bits per heavy atom. The molecular weight excluding hydrogens is 375 g/mol. The van der Waals surface area contributed by atoms with Gasteiger partial charge in [0.1, 0.15) is 5.82 Å². The van der Waals surface area contributed by atoms with Gasteiger partial charge in [-0.15, -0.1) is 0 Å². The third-order valence-corrected chi connectivity index (χ3v) is 4.45. The van der Waals surface area contributed by atoms with Crippen LogP contribution in [-0.4, -0.2) is 31.0 Å². The molecular formula is C10H10BrFN2O6S. The van der Waals surface area contributed by atoms with Crippen molar-refractivity contribution in [3.05, 3.63) is 32.5 Å². The highest BCUT2D eigenvalue weighted by Gasteiger charge is 2.27. The van der Waals surface area contributed by atoms with Gasteiger partial charge in [0.05, 0.1) is 15.5 Å². The van der Waals surface area contributed by atoms with E-state index in [0.29, 0.717) is 6.07 Å². The highest BCUT2D eigenvalue weighted by molar-refractivity contribution is 9.10. The van der Waals surface area contributed by atoms with Crippen molar-refractivity contribution < 1.29 is 27.6 Å². The Bertz CT molecular complexity index is 678. The molecule has 0 unspecified atom stereocenters. The largest absolute Gasteiger partial charge is 0.481 e. The topological polar surface area (TPSA) is 127 Å². The SMILES string of the molecule is O=C(O)CCCNS(=O)(=O)c1cc(Br)c(F)cc1[N+](=O)[O-]. The number of benzene rings is 1. The summed E-state index contributed by atoms with van der Waals surface area (Å²) in [7, 11) is -4.25. The summed E-state index contributed by atoms with van der Waals surface area (Å²) in [6.45, 7) is -0.208. The van der Waals surface area contributed by atoms with Crippen LogP contribution in [0.3, 0.4) is 0 Å². The fourth-order valence-electron chi connectivity index (χ4n) is 1.40. The van der Waals surface area contributed by atoms with Gasteiger partial charge in [0.25, 0.3) is 5.69 Å². The molecule has 0 saturated carbocycles. The maximum absolute atomic E-state index is 13.3. The van der Waals surface area contributed by atoms with E-state index in [0.717, 1.165) is 6.07 Å². The lowest BCUT2D eigenvalue weighted by molar-refractivity contribution is -0.388. The molecule has 0 atom stereocenters. The van der Waals surface area contributed by atoms with Crippen LogP contribution in [0.15, 0.2) is 21.5 Å². The summed E-state index contributed by atoms with van der Waals surface area (Å²) < 4.78 is 39.0. The molecule has 0 aliphatic heterocycles. The maximum atomic E-state index is 13.3. The van der Waals surface area contributed by atoms with Crippen LogP contribution in [0.4, 0.5) is 10.1 Å². The van der Waals surface area contributed by atoms with Gasteiger partial charge in [0, 0.05) is 13.0 Å². The summed E-state index contributed by atoms with van der Waals surface area (Å²) in [5.74, 6) is -2.06. The third-order valence-electron chi connectivity index (χ3n) is 2.35. The molecule has 2 N–H and O–H groups in total. The van der Waals surface area contributed by atoms with Gasteiger partial charge < -0.3 is 5.11 Å². The zero-order chi connectivity index (χ0) is 16.2. The molecule has 0 heterocycles. The molecule has 0 fully saturated rings. The molecule has 116 valence electrons. The lowest BCUT2D eigenvalue weighted by atomic mass is 10.3. The highest BCUT2D eigenvalue weighted by atomic mass is 79.9. The van der Waals surface area contributed by atoms with Crippen molar-refractivity contribution in [2.24, 2.45) is 0 Å². The minimum atomic E-state index is -4.25. The van der Waals surface area contributed by atoms with Crippen LogP contribution in [0.2, 0.25) is 0 Å². The molecule has 0 aliphatic rings. The molecule has 1 aromatic carbocycles. The number of carboxylic acids is 1. The van der Waals surface area contributed by atoms with Crippen LogP contribution in [-0.2, 0) is 14.8 Å². The minimum Gasteiger partial charge on any atom is -0.481 e. The third kappa shape index (κ3) is 4.72. The van der Waals surface area contributed by atoms with E-state index >= 15 is 0 Å². The van der Waals surface area contributed by atoms with E-state index < -0.39 is 37.3 Å². The number of rotatable bonds is 7. The summed E-state index contributed by atoms with van der Waals surface area (Å²) >= 11 is 2.76. The number of hydrogen-bond acceptors (Lipinski definition) is 5. The number of nitro benzene ring substituents is 1. The summed E-state index contributed by atoms with van der Waals surface area (Å²) in [4.78, 5) is 19.4. The van der Waals surface area contributed by atoms with Crippen LogP contribution >= 0.6 is 15.9 Å². The number of nitro groups is 1. The van der Waals surface area contributed by atoms with Gasteiger partial charge >= 0.3 is 5.97 Å². The average Bonchev–Trinajstić information content (AvgIpc) is 2.37. The molecule has 0 saturated heterocycles. The van der Waals surface area contributed by atoms with Crippen molar-refractivity contribution in [1.82, 2.24) is 4.72 Å². The van der Waals surface area contributed by atoms with Crippen LogP contribution in [0.1, 0.15) is 12.8 Å². The number of halogens is 2. The Morgan fingerprint density at radius 3 is 2.62 bits per heavy atom. The van der Waals surface area contributed by atoms with Gasteiger partial charge in [-0.1, -0.05) is 0 Å². The first-order valence-electron chi connectivity index (χ1n) is 5.50. The van der Waals surface area contributed by atoms with Crippen molar-refractivity contribution >= 4 is 37.6 Å². The van der Waals surface area contributed by atoms with E-state index in [1.54, 1.807) is 0 Å². The van der Waals surface area contributed by atoms with E-state index in [4.69, 9.17) is 5.11 Å². The maximum Gasteiger partial charge on any atom is 0.303 e. The first-order chi connectivity index (χ1) is 9.65. The number of carbonyl (C=O) groups is 1. The van der Waals surface area contributed by atoms with E-state index in [9.17, 15) is 27.7 Å². The van der Waals surface area contributed by atoms with Crippen molar-refractivity contribution in [3.63, 3.8) is 0 Å².